The van der Waals surface area contributed by atoms with E-state index < -0.39 is 17.9 Å². The summed E-state index contributed by atoms with van der Waals surface area (Å²) in [5.74, 6) is -0.753. The van der Waals surface area contributed by atoms with Crippen molar-refractivity contribution in [2.45, 2.75) is 26.3 Å². The van der Waals surface area contributed by atoms with Crippen molar-refractivity contribution < 1.29 is 24.2 Å². The van der Waals surface area contributed by atoms with Crippen LogP contribution < -0.4 is 14.8 Å². The molecule has 1 rings (SSSR count). The van der Waals surface area contributed by atoms with Crippen molar-refractivity contribution in [2.75, 3.05) is 14.2 Å². The molecular weight excluding hydrogens is 274 g/mol. The molecular formula is C15H21NO5. The van der Waals surface area contributed by atoms with Gasteiger partial charge in [0, 0.05) is 11.6 Å². The maximum absolute atomic E-state index is 12.2. The number of amides is 1. The fraction of sp³-hybridized carbons (Fsp3) is 0.467. The number of hydrogen-bond donors (Lipinski definition) is 2. The molecule has 0 spiro atoms. The second-order valence-electron chi connectivity index (χ2n) is 4.78. The normalized spacial score (nSPS) is 13.1. The third kappa shape index (κ3) is 4.37. The van der Waals surface area contributed by atoms with Crippen LogP contribution in [0.4, 0.5) is 0 Å². The topological polar surface area (TPSA) is 84.9 Å². The van der Waals surface area contributed by atoms with E-state index in [2.05, 4.69) is 5.32 Å². The number of carboxylic acid groups (broad SMARTS) is 1. The van der Waals surface area contributed by atoms with Crippen LogP contribution in [-0.4, -0.2) is 37.2 Å². The minimum Gasteiger partial charge on any atom is -0.497 e. The van der Waals surface area contributed by atoms with E-state index in [4.69, 9.17) is 9.47 Å². The Labute approximate surface area is 124 Å². The Kier molecular flexibility index (Phi) is 6.02. The molecule has 0 aliphatic heterocycles. The highest BCUT2D eigenvalue weighted by Crippen LogP contribution is 2.22. The first kappa shape index (κ1) is 16.8. The van der Waals surface area contributed by atoms with E-state index >= 15 is 0 Å². The van der Waals surface area contributed by atoms with Crippen molar-refractivity contribution in [3.63, 3.8) is 0 Å². The summed E-state index contributed by atoms with van der Waals surface area (Å²) in [5, 5.41) is 11.7. The van der Waals surface area contributed by atoms with Crippen molar-refractivity contribution in [1.82, 2.24) is 5.32 Å². The van der Waals surface area contributed by atoms with Crippen LogP contribution in [0.1, 0.15) is 30.6 Å². The molecule has 0 heterocycles. The lowest BCUT2D eigenvalue weighted by atomic mass is 9.99. The Hall–Kier alpha value is -2.24. The van der Waals surface area contributed by atoms with Crippen LogP contribution in [0.3, 0.4) is 0 Å². The molecule has 0 fully saturated rings. The first-order chi connectivity index (χ1) is 9.92. The Bertz CT molecular complexity index is 493. The molecule has 2 atom stereocenters. The molecule has 1 aromatic carbocycles. The maximum Gasteiger partial charge on any atom is 0.326 e. The molecule has 6 nitrogen and oxygen atoms in total. The quantitative estimate of drug-likeness (QED) is 0.803. The fourth-order valence-electron chi connectivity index (χ4n) is 1.85. The summed E-state index contributed by atoms with van der Waals surface area (Å²) < 4.78 is 10.2. The van der Waals surface area contributed by atoms with Crippen LogP contribution >= 0.6 is 0 Å². The zero-order valence-corrected chi connectivity index (χ0v) is 12.7. The second-order valence-corrected chi connectivity index (χ2v) is 4.78. The van der Waals surface area contributed by atoms with Gasteiger partial charge >= 0.3 is 5.97 Å². The number of aliphatic carboxylic acids is 1. The molecule has 0 aliphatic carbocycles. The molecule has 21 heavy (non-hydrogen) atoms. The molecule has 0 saturated heterocycles. The lowest BCUT2D eigenvalue weighted by Crippen LogP contribution is -2.45. The highest BCUT2D eigenvalue weighted by molar-refractivity contribution is 5.97. The summed E-state index contributed by atoms with van der Waals surface area (Å²) in [6.07, 6.45) is 0.651. The number of benzene rings is 1. The lowest BCUT2D eigenvalue weighted by Gasteiger charge is -2.20. The average molecular weight is 295 g/mol. The van der Waals surface area contributed by atoms with Gasteiger partial charge < -0.3 is 19.9 Å². The average Bonchev–Trinajstić information content (AvgIpc) is 2.50. The summed E-state index contributed by atoms with van der Waals surface area (Å²) in [6.45, 7) is 3.66. The predicted octanol–water partition coefficient (Wildman–Crippen LogP) is 1.93. The third-order valence-corrected chi connectivity index (χ3v) is 3.38. The number of carbonyl (C=O) groups excluding carboxylic acids is 1. The van der Waals surface area contributed by atoms with Crippen LogP contribution in [-0.2, 0) is 4.79 Å². The molecule has 0 saturated carbocycles. The molecule has 0 aliphatic rings. The van der Waals surface area contributed by atoms with Gasteiger partial charge in [0.15, 0.2) is 0 Å². The number of ether oxygens (including phenoxy) is 2. The van der Waals surface area contributed by atoms with Crippen LogP contribution in [0.5, 0.6) is 11.5 Å². The van der Waals surface area contributed by atoms with E-state index in [9.17, 15) is 14.7 Å². The molecule has 1 aromatic rings. The molecule has 6 heteroatoms. The summed E-state index contributed by atoms with van der Waals surface area (Å²) in [4.78, 5) is 23.5. The van der Waals surface area contributed by atoms with Gasteiger partial charge in [0.1, 0.15) is 17.5 Å². The van der Waals surface area contributed by atoms with E-state index in [0.717, 1.165) is 0 Å². The Balaban J connectivity index is 2.99. The zero-order valence-electron chi connectivity index (χ0n) is 12.7. The van der Waals surface area contributed by atoms with Gasteiger partial charge in [0.05, 0.1) is 14.2 Å². The van der Waals surface area contributed by atoms with E-state index in [1.807, 2.05) is 6.92 Å². The van der Waals surface area contributed by atoms with Crippen molar-refractivity contribution >= 4 is 11.9 Å². The number of hydrogen-bond acceptors (Lipinski definition) is 4. The molecule has 0 bridgehead atoms. The van der Waals surface area contributed by atoms with E-state index in [0.29, 0.717) is 23.5 Å². The summed E-state index contributed by atoms with van der Waals surface area (Å²) >= 11 is 0. The Morgan fingerprint density at radius 2 is 1.71 bits per heavy atom. The van der Waals surface area contributed by atoms with Gasteiger partial charge in [-0.05, 0) is 18.1 Å². The number of rotatable bonds is 7. The first-order valence-electron chi connectivity index (χ1n) is 6.69. The monoisotopic (exact) mass is 295 g/mol. The van der Waals surface area contributed by atoms with E-state index in [1.165, 1.54) is 26.4 Å². The summed E-state index contributed by atoms with van der Waals surface area (Å²) in [6, 6.07) is 3.78. The van der Waals surface area contributed by atoms with Gasteiger partial charge in [0.2, 0.25) is 0 Å². The van der Waals surface area contributed by atoms with Gasteiger partial charge in [-0.3, -0.25) is 4.79 Å². The van der Waals surface area contributed by atoms with Crippen LogP contribution in [0.25, 0.3) is 0 Å². The lowest BCUT2D eigenvalue weighted by molar-refractivity contribution is -0.140. The molecule has 2 N–H and O–H groups in total. The van der Waals surface area contributed by atoms with Crippen LogP contribution in [0, 0.1) is 5.92 Å². The number of carbonyl (C=O) groups is 2. The molecule has 1 unspecified atom stereocenters. The minimum absolute atomic E-state index is 0.168. The van der Waals surface area contributed by atoms with Gasteiger partial charge in [0.25, 0.3) is 5.91 Å². The van der Waals surface area contributed by atoms with E-state index in [1.54, 1.807) is 13.0 Å². The number of methoxy groups -OCH3 is 2. The third-order valence-electron chi connectivity index (χ3n) is 3.38. The van der Waals surface area contributed by atoms with Crippen molar-refractivity contribution in [1.29, 1.82) is 0 Å². The van der Waals surface area contributed by atoms with Gasteiger partial charge in [-0.15, -0.1) is 0 Å². The predicted molar refractivity (Wildman–Crippen MR) is 77.9 cm³/mol. The molecule has 1 amide bonds. The largest absolute Gasteiger partial charge is 0.497 e. The fourth-order valence-corrected chi connectivity index (χ4v) is 1.85. The van der Waals surface area contributed by atoms with Gasteiger partial charge in [-0.2, -0.15) is 0 Å². The van der Waals surface area contributed by atoms with Crippen LogP contribution in [0.15, 0.2) is 18.2 Å². The minimum atomic E-state index is -1.05. The highest BCUT2D eigenvalue weighted by atomic mass is 16.5. The zero-order chi connectivity index (χ0) is 16.0. The van der Waals surface area contributed by atoms with Gasteiger partial charge in [-0.1, -0.05) is 20.3 Å². The maximum atomic E-state index is 12.2. The van der Waals surface area contributed by atoms with Gasteiger partial charge in [-0.25, -0.2) is 4.79 Å². The molecule has 0 radical (unpaired) electrons. The first-order valence-corrected chi connectivity index (χ1v) is 6.69. The van der Waals surface area contributed by atoms with E-state index in [-0.39, 0.29) is 5.92 Å². The molecule has 0 aromatic heterocycles. The van der Waals surface area contributed by atoms with Crippen molar-refractivity contribution in [3.8, 4) is 11.5 Å². The summed E-state index contributed by atoms with van der Waals surface area (Å²) in [5.41, 5.74) is 0.292. The molecule has 116 valence electrons. The van der Waals surface area contributed by atoms with Crippen LogP contribution in [0.2, 0.25) is 0 Å². The number of carboxylic acids is 1. The van der Waals surface area contributed by atoms with Crippen molar-refractivity contribution in [3.05, 3.63) is 23.8 Å². The number of nitrogens with one attached hydrogen (secondary N) is 1. The SMILES string of the molecule is CCC(C)[C@H](NC(=O)c1cc(OC)cc(OC)c1)C(=O)O. The highest BCUT2D eigenvalue weighted by Gasteiger charge is 2.26. The Morgan fingerprint density at radius 1 is 1.19 bits per heavy atom. The summed E-state index contributed by atoms with van der Waals surface area (Å²) in [7, 11) is 2.96. The second kappa shape index (κ2) is 7.52. The standard InChI is InChI=1S/C15H21NO5/c1-5-9(2)13(15(18)19)16-14(17)10-6-11(20-3)8-12(7-10)21-4/h6-9,13H,5H2,1-4H3,(H,16,17)(H,18,19)/t9?,13-/m0/s1. The Morgan fingerprint density at radius 3 is 2.10 bits per heavy atom. The van der Waals surface area contributed by atoms with Crippen molar-refractivity contribution in [2.24, 2.45) is 5.92 Å². The smallest absolute Gasteiger partial charge is 0.326 e.